The van der Waals surface area contributed by atoms with Crippen molar-refractivity contribution in [2.24, 2.45) is 0 Å². The van der Waals surface area contributed by atoms with E-state index in [1.165, 1.54) is 6.08 Å². The maximum Gasteiger partial charge on any atom is 0.416 e. The molecule has 0 radical (unpaired) electrons. The van der Waals surface area contributed by atoms with Crippen LogP contribution in [0.25, 0.3) is 6.08 Å². The first-order valence-corrected chi connectivity index (χ1v) is 9.03. The van der Waals surface area contributed by atoms with Crippen LogP contribution in [0.2, 0.25) is 5.02 Å². The predicted octanol–water partition coefficient (Wildman–Crippen LogP) is 1.94. The molecule has 1 aliphatic heterocycles. The lowest BCUT2D eigenvalue weighted by atomic mass is 10.1. The minimum Gasteiger partial charge on any atom is -0.379 e. The second kappa shape index (κ2) is 10.4. The monoisotopic (exact) mass is 419 g/mol. The van der Waals surface area contributed by atoms with Crippen LogP contribution in [0, 0.1) is 0 Å². The van der Waals surface area contributed by atoms with Crippen LogP contribution in [0.15, 0.2) is 24.3 Å². The van der Waals surface area contributed by atoms with Gasteiger partial charge in [-0.1, -0.05) is 11.6 Å². The lowest BCUT2D eigenvalue weighted by molar-refractivity contribution is -0.137. The molecule has 28 heavy (non-hydrogen) atoms. The van der Waals surface area contributed by atoms with Gasteiger partial charge in [0.1, 0.15) is 0 Å². The van der Waals surface area contributed by atoms with E-state index in [2.05, 4.69) is 15.5 Å². The Kier molecular flexibility index (Phi) is 8.28. The van der Waals surface area contributed by atoms with Crippen LogP contribution in [0.3, 0.4) is 0 Å². The third-order valence-electron chi connectivity index (χ3n) is 4.01. The van der Waals surface area contributed by atoms with Crippen molar-refractivity contribution in [3.8, 4) is 0 Å². The summed E-state index contributed by atoms with van der Waals surface area (Å²) in [6.07, 6.45) is -2.31. The summed E-state index contributed by atoms with van der Waals surface area (Å²) in [6.45, 7) is 3.88. The van der Waals surface area contributed by atoms with Crippen LogP contribution in [-0.2, 0) is 20.5 Å². The number of morpholine rings is 1. The Morgan fingerprint density at radius 1 is 1.21 bits per heavy atom. The van der Waals surface area contributed by atoms with Gasteiger partial charge in [-0.25, -0.2) is 0 Å². The highest BCUT2D eigenvalue weighted by Crippen LogP contribution is 2.32. The number of carbonyl (C=O) groups excluding carboxylic acids is 2. The van der Waals surface area contributed by atoms with E-state index in [1.807, 2.05) is 0 Å². The van der Waals surface area contributed by atoms with E-state index in [4.69, 9.17) is 16.3 Å². The number of ether oxygens (including phenoxy) is 1. The molecule has 0 saturated carbocycles. The summed E-state index contributed by atoms with van der Waals surface area (Å²) in [4.78, 5) is 25.7. The van der Waals surface area contributed by atoms with E-state index < -0.39 is 17.6 Å². The summed E-state index contributed by atoms with van der Waals surface area (Å²) < 4.78 is 43.4. The molecule has 2 rings (SSSR count). The van der Waals surface area contributed by atoms with Crippen LogP contribution in [0.1, 0.15) is 11.1 Å². The number of amides is 2. The van der Waals surface area contributed by atoms with Crippen molar-refractivity contribution in [1.29, 1.82) is 0 Å². The van der Waals surface area contributed by atoms with Crippen LogP contribution >= 0.6 is 11.6 Å². The molecule has 2 N–H and O–H groups in total. The van der Waals surface area contributed by atoms with Gasteiger partial charge >= 0.3 is 6.18 Å². The Morgan fingerprint density at radius 2 is 1.93 bits per heavy atom. The standard InChI is InChI=1S/C18H21ClF3N3O3/c19-15-3-2-14(18(20,21)22)11-13(15)1-4-16(26)24-12-17(27)23-5-6-25-7-9-28-10-8-25/h1-4,11H,5-10,12H2,(H,23,27)(H,24,26). The van der Waals surface area contributed by atoms with Crippen LogP contribution < -0.4 is 10.6 Å². The highest BCUT2D eigenvalue weighted by molar-refractivity contribution is 6.32. The molecule has 10 heteroatoms. The number of nitrogens with zero attached hydrogens (tertiary/aromatic N) is 1. The van der Waals surface area contributed by atoms with Gasteiger partial charge in [-0.15, -0.1) is 0 Å². The summed E-state index contributed by atoms with van der Waals surface area (Å²) in [7, 11) is 0. The molecule has 6 nitrogen and oxygen atoms in total. The molecule has 1 aromatic rings. The Morgan fingerprint density at radius 3 is 2.61 bits per heavy atom. The van der Waals surface area contributed by atoms with Crippen LogP contribution in [0.4, 0.5) is 13.2 Å². The molecule has 1 fully saturated rings. The number of benzene rings is 1. The van der Waals surface area contributed by atoms with E-state index in [0.29, 0.717) is 26.3 Å². The molecule has 1 saturated heterocycles. The average Bonchev–Trinajstić information content (AvgIpc) is 2.65. The second-order valence-electron chi connectivity index (χ2n) is 6.09. The van der Waals surface area contributed by atoms with Gasteiger partial charge in [0.25, 0.3) is 0 Å². The van der Waals surface area contributed by atoms with E-state index in [9.17, 15) is 22.8 Å². The van der Waals surface area contributed by atoms with Gasteiger partial charge in [0.15, 0.2) is 0 Å². The number of halogens is 4. The SMILES string of the molecule is O=C(C=Cc1cc(C(F)(F)F)ccc1Cl)NCC(=O)NCCN1CCOCC1. The smallest absolute Gasteiger partial charge is 0.379 e. The van der Waals surface area contributed by atoms with Crippen molar-refractivity contribution in [3.63, 3.8) is 0 Å². The lowest BCUT2D eigenvalue weighted by Crippen LogP contribution is -2.43. The van der Waals surface area contributed by atoms with Gasteiger partial charge in [0.05, 0.1) is 25.3 Å². The summed E-state index contributed by atoms with van der Waals surface area (Å²) >= 11 is 5.85. The van der Waals surface area contributed by atoms with E-state index in [0.717, 1.165) is 37.4 Å². The molecule has 0 unspecified atom stereocenters. The zero-order valence-electron chi connectivity index (χ0n) is 15.0. The number of hydrogen-bond acceptors (Lipinski definition) is 4. The molecule has 1 aromatic carbocycles. The molecular weight excluding hydrogens is 399 g/mol. The maximum atomic E-state index is 12.7. The van der Waals surface area contributed by atoms with Crippen LogP contribution in [-0.4, -0.2) is 62.7 Å². The fraction of sp³-hybridized carbons (Fsp3) is 0.444. The Balaban J connectivity index is 1.75. The molecular formula is C18H21ClF3N3O3. The van der Waals surface area contributed by atoms with Crippen molar-refractivity contribution in [2.75, 3.05) is 45.9 Å². The predicted molar refractivity (Wildman–Crippen MR) is 98.8 cm³/mol. The minimum absolute atomic E-state index is 0.0570. The molecule has 2 amide bonds. The first-order chi connectivity index (χ1) is 13.3. The zero-order valence-corrected chi connectivity index (χ0v) is 15.8. The van der Waals surface area contributed by atoms with Gasteiger partial charge in [0, 0.05) is 37.3 Å². The summed E-state index contributed by atoms with van der Waals surface area (Å²) in [6, 6.07) is 2.83. The number of carbonyl (C=O) groups is 2. The zero-order chi connectivity index (χ0) is 20.6. The molecule has 0 spiro atoms. The fourth-order valence-electron chi connectivity index (χ4n) is 2.48. The second-order valence-corrected chi connectivity index (χ2v) is 6.50. The fourth-order valence-corrected chi connectivity index (χ4v) is 2.66. The van der Waals surface area contributed by atoms with E-state index in [1.54, 1.807) is 0 Å². The summed E-state index contributed by atoms with van der Waals surface area (Å²) in [5.41, 5.74) is -0.807. The maximum absolute atomic E-state index is 12.7. The normalized spacial score (nSPS) is 15.6. The van der Waals surface area contributed by atoms with E-state index in [-0.39, 0.29) is 23.0 Å². The highest BCUT2D eigenvalue weighted by atomic mass is 35.5. The average molecular weight is 420 g/mol. The first-order valence-electron chi connectivity index (χ1n) is 8.65. The van der Waals surface area contributed by atoms with Gasteiger partial charge < -0.3 is 15.4 Å². The Hall–Kier alpha value is -2.10. The molecule has 154 valence electrons. The summed E-state index contributed by atoms with van der Waals surface area (Å²) in [5.74, 6) is -0.969. The van der Waals surface area contributed by atoms with Crippen LogP contribution in [0.5, 0.6) is 0 Å². The van der Waals surface area contributed by atoms with Gasteiger partial charge in [-0.05, 0) is 29.8 Å². The largest absolute Gasteiger partial charge is 0.416 e. The third kappa shape index (κ3) is 7.49. The quantitative estimate of drug-likeness (QED) is 0.663. The molecule has 1 aliphatic rings. The van der Waals surface area contributed by atoms with Crippen molar-refractivity contribution in [1.82, 2.24) is 15.5 Å². The molecule has 0 aromatic heterocycles. The Bertz CT molecular complexity index is 720. The van der Waals surface area contributed by atoms with Gasteiger partial charge in [-0.2, -0.15) is 13.2 Å². The third-order valence-corrected chi connectivity index (χ3v) is 4.36. The summed E-state index contributed by atoms with van der Waals surface area (Å²) in [5, 5.41) is 5.14. The minimum atomic E-state index is -4.51. The van der Waals surface area contributed by atoms with Crippen molar-refractivity contribution < 1.29 is 27.5 Å². The lowest BCUT2D eigenvalue weighted by Gasteiger charge is -2.26. The van der Waals surface area contributed by atoms with Crippen molar-refractivity contribution >= 4 is 29.5 Å². The van der Waals surface area contributed by atoms with Gasteiger partial charge in [-0.3, -0.25) is 14.5 Å². The van der Waals surface area contributed by atoms with E-state index >= 15 is 0 Å². The van der Waals surface area contributed by atoms with Crippen molar-refractivity contribution in [2.45, 2.75) is 6.18 Å². The molecule has 0 aliphatic carbocycles. The molecule has 1 heterocycles. The number of hydrogen-bond donors (Lipinski definition) is 2. The number of rotatable bonds is 7. The Labute approximate surface area is 165 Å². The number of alkyl halides is 3. The van der Waals surface area contributed by atoms with Crippen molar-refractivity contribution in [3.05, 3.63) is 40.4 Å². The molecule has 0 bridgehead atoms. The molecule has 0 atom stereocenters. The van der Waals surface area contributed by atoms with Gasteiger partial charge in [0.2, 0.25) is 11.8 Å². The first kappa shape index (κ1) is 22.2. The topological polar surface area (TPSA) is 70.7 Å². The highest BCUT2D eigenvalue weighted by Gasteiger charge is 2.30. The number of nitrogens with one attached hydrogen (secondary N) is 2.